The zero-order chi connectivity index (χ0) is 14.7. The maximum atomic E-state index is 12.0. The number of hydrogen-bond donors (Lipinski definition) is 1. The number of aromatic nitrogens is 1. The first-order chi connectivity index (χ1) is 10.2. The highest BCUT2D eigenvalue weighted by Crippen LogP contribution is 2.29. The van der Waals surface area contributed by atoms with Crippen LogP contribution in [0.5, 0.6) is 0 Å². The number of carbonyl (C=O) groups is 1. The van der Waals surface area contributed by atoms with Gasteiger partial charge in [-0.15, -0.1) is 11.3 Å². The summed E-state index contributed by atoms with van der Waals surface area (Å²) in [6, 6.07) is -0.0136. The lowest BCUT2D eigenvalue weighted by Gasteiger charge is -2.14. The molecule has 1 N–H and O–H groups in total. The Morgan fingerprint density at radius 2 is 2.10 bits per heavy atom. The lowest BCUT2D eigenvalue weighted by Crippen LogP contribution is -2.31. The molecule has 21 heavy (non-hydrogen) atoms. The largest absolute Gasteiger partial charge is 0.368 e. The SMILES string of the molecule is CC(NC(=O)COC1CCCC1)c1nc2c(s1)CCCC2. The molecular weight excluding hydrogens is 284 g/mol. The third kappa shape index (κ3) is 3.83. The van der Waals surface area contributed by atoms with Gasteiger partial charge in [0.1, 0.15) is 11.6 Å². The number of aryl methyl sites for hydroxylation is 2. The van der Waals surface area contributed by atoms with E-state index in [1.54, 1.807) is 11.3 Å². The molecule has 1 amide bonds. The van der Waals surface area contributed by atoms with Crippen molar-refractivity contribution in [3.05, 3.63) is 15.6 Å². The third-order valence-corrected chi connectivity index (χ3v) is 5.70. The number of carbonyl (C=O) groups excluding carboxylic acids is 1. The van der Waals surface area contributed by atoms with Gasteiger partial charge in [-0.05, 0) is 45.4 Å². The molecule has 2 aliphatic rings. The van der Waals surface area contributed by atoms with E-state index in [9.17, 15) is 4.79 Å². The lowest BCUT2D eigenvalue weighted by molar-refractivity contribution is -0.128. The Morgan fingerprint density at radius 1 is 1.33 bits per heavy atom. The highest BCUT2D eigenvalue weighted by atomic mass is 32.1. The smallest absolute Gasteiger partial charge is 0.246 e. The normalized spacial score (nSPS) is 20.2. The topological polar surface area (TPSA) is 51.2 Å². The Balaban J connectivity index is 1.49. The zero-order valence-corrected chi connectivity index (χ0v) is 13.5. The minimum atomic E-state index is -0.0254. The van der Waals surface area contributed by atoms with Crippen molar-refractivity contribution in [1.82, 2.24) is 10.3 Å². The van der Waals surface area contributed by atoms with Crippen molar-refractivity contribution < 1.29 is 9.53 Å². The second-order valence-electron chi connectivity index (χ2n) is 6.14. The van der Waals surface area contributed by atoms with E-state index in [4.69, 9.17) is 9.72 Å². The van der Waals surface area contributed by atoms with Crippen LogP contribution in [0.1, 0.15) is 67.1 Å². The fraction of sp³-hybridized carbons (Fsp3) is 0.750. The fourth-order valence-electron chi connectivity index (χ4n) is 3.15. The Labute approximate surface area is 130 Å². The van der Waals surface area contributed by atoms with Gasteiger partial charge in [-0.3, -0.25) is 4.79 Å². The summed E-state index contributed by atoms with van der Waals surface area (Å²) in [7, 11) is 0. The van der Waals surface area contributed by atoms with Crippen molar-refractivity contribution in [3.8, 4) is 0 Å². The van der Waals surface area contributed by atoms with Crippen molar-refractivity contribution >= 4 is 17.2 Å². The van der Waals surface area contributed by atoms with E-state index in [1.165, 1.54) is 36.3 Å². The van der Waals surface area contributed by atoms with Gasteiger partial charge in [0.2, 0.25) is 5.91 Å². The maximum absolute atomic E-state index is 12.0. The second kappa shape index (κ2) is 6.88. The molecule has 116 valence electrons. The molecule has 0 aliphatic heterocycles. The molecule has 1 heterocycles. The van der Waals surface area contributed by atoms with Gasteiger partial charge in [0.25, 0.3) is 0 Å². The molecule has 1 unspecified atom stereocenters. The molecule has 4 nitrogen and oxygen atoms in total. The van der Waals surface area contributed by atoms with Gasteiger partial charge in [0.05, 0.1) is 17.8 Å². The lowest BCUT2D eigenvalue weighted by atomic mass is 10.0. The number of rotatable bonds is 5. The first-order valence-corrected chi connectivity index (χ1v) is 8.93. The molecule has 0 radical (unpaired) electrons. The van der Waals surface area contributed by atoms with E-state index in [1.807, 2.05) is 6.92 Å². The molecular formula is C16H24N2O2S. The van der Waals surface area contributed by atoms with E-state index < -0.39 is 0 Å². The zero-order valence-electron chi connectivity index (χ0n) is 12.7. The van der Waals surface area contributed by atoms with Gasteiger partial charge in [-0.1, -0.05) is 12.8 Å². The molecule has 0 aromatic carbocycles. The van der Waals surface area contributed by atoms with E-state index in [-0.39, 0.29) is 18.6 Å². The number of thiazole rings is 1. The van der Waals surface area contributed by atoms with E-state index >= 15 is 0 Å². The number of amides is 1. The van der Waals surface area contributed by atoms with Crippen LogP contribution in [0.15, 0.2) is 0 Å². The van der Waals surface area contributed by atoms with Crippen LogP contribution in [-0.2, 0) is 22.4 Å². The number of ether oxygens (including phenoxy) is 1. The summed E-state index contributed by atoms with van der Waals surface area (Å²) in [6.07, 6.45) is 9.70. The highest BCUT2D eigenvalue weighted by Gasteiger charge is 2.21. The van der Waals surface area contributed by atoms with E-state index in [0.717, 1.165) is 30.7 Å². The molecule has 1 aromatic rings. The molecule has 2 aliphatic carbocycles. The standard InChI is InChI=1S/C16H24N2O2S/c1-11(16-18-13-8-4-5-9-14(13)21-16)17-15(19)10-20-12-6-2-3-7-12/h11-12H,2-10H2,1H3,(H,17,19). The van der Waals surface area contributed by atoms with Crippen molar-refractivity contribution in [1.29, 1.82) is 0 Å². The number of hydrogen-bond acceptors (Lipinski definition) is 4. The Bertz CT molecular complexity index is 471. The van der Waals surface area contributed by atoms with Crippen LogP contribution in [0.3, 0.4) is 0 Å². The van der Waals surface area contributed by atoms with Crippen molar-refractivity contribution in [2.24, 2.45) is 0 Å². The molecule has 5 heteroatoms. The predicted octanol–water partition coefficient (Wildman–Crippen LogP) is 3.16. The minimum absolute atomic E-state index is 0.0136. The molecule has 0 spiro atoms. The summed E-state index contributed by atoms with van der Waals surface area (Å²) in [5, 5.41) is 4.05. The molecule has 0 saturated heterocycles. The van der Waals surface area contributed by atoms with Crippen molar-refractivity contribution in [2.75, 3.05) is 6.61 Å². The van der Waals surface area contributed by atoms with Crippen LogP contribution in [0.2, 0.25) is 0 Å². The van der Waals surface area contributed by atoms with Gasteiger partial charge in [0.15, 0.2) is 0 Å². The summed E-state index contributed by atoms with van der Waals surface area (Å²) < 4.78 is 5.65. The van der Waals surface area contributed by atoms with Crippen LogP contribution in [0.4, 0.5) is 0 Å². The van der Waals surface area contributed by atoms with Gasteiger partial charge in [-0.25, -0.2) is 4.98 Å². The monoisotopic (exact) mass is 308 g/mol. The summed E-state index contributed by atoms with van der Waals surface area (Å²) in [5.41, 5.74) is 1.25. The van der Waals surface area contributed by atoms with Crippen molar-refractivity contribution in [3.63, 3.8) is 0 Å². The van der Waals surface area contributed by atoms with Crippen LogP contribution >= 0.6 is 11.3 Å². The third-order valence-electron chi connectivity index (χ3n) is 4.36. The molecule has 1 fully saturated rings. The summed E-state index contributed by atoms with van der Waals surface area (Å²) in [4.78, 5) is 18.1. The van der Waals surface area contributed by atoms with Crippen molar-refractivity contribution in [2.45, 2.75) is 70.4 Å². The van der Waals surface area contributed by atoms with Gasteiger partial charge < -0.3 is 10.1 Å². The Morgan fingerprint density at radius 3 is 2.86 bits per heavy atom. The van der Waals surface area contributed by atoms with Gasteiger partial charge in [0, 0.05) is 4.88 Å². The molecule has 1 atom stereocenters. The second-order valence-corrected chi connectivity index (χ2v) is 7.25. The average Bonchev–Trinajstić information content (AvgIpc) is 3.14. The Kier molecular flexibility index (Phi) is 4.91. The van der Waals surface area contributed by atoms with Gasteiger partial charge >= 0.3 is 0 Å². The first-order valence-electron chi connectivity index (χ1n) is 8.12. The summed E-state index contributed by atoms with van der Waals surface area (Å²) in [5.74, 6) is -0.0254. The predicted molar refractivity (Wildman–Crippen MR) is 83.5 cm³/mol. The molecule has 0 bridgehead atoms. The van der Waals surface area contributed by atoms with Crippen LogP contribution in [-0.4, -0.2) is 23.6 Å². The molecule has 1 saturated carbocycles. The van der Waals surface area contributed by atoms with Crippen LogP contribution in [0, 0.1) is 0 Å². The number of nitrogens with zero attached hydrogens (tertiary/aromatic N) is 1. The summed E-state index contributed by atoms with van der Waals surface area (Å²) >= 11 is 1.76. The fourth-order valence-corrected chi connectivity index (χ4v) is 4.31. The van der Waals surface area contributed by atoms with Crippen LogP contribution in [0.25, 0.3) is 0 Å². The molecule has 1 aromatic heterocycles. The first kappa shape index (κ1) is 15.0. The van der Waals surface area contributed by atoms with Gasteiger partial charge in [-0.2, -0.15) is 0 Å². The average molecular weight is 308 g/mol. The maximum Gasteiger partial charge on any atom is 0.246 e. The number of fused-ring (bicyclic) bond motifs is 1. The van der Waals surface area contributed by atoms with E-state index in [2.05, 4.69) is 5.32 Å². The minimum Gasteiger partial charge on any atom is -0.368 e. The highest BCUT2D eigenvalue weighted by molar-refractivity contribution is 7.11. The quantitative estimate of drug-likeness (QED) is 0.909. The molecule has 3 rings (SSSR count). The number of nitrogens with one attached hydrogen (secondary N) is 1. The Hall–Kier alpha value is -0.940. The van der Waals surface area contributed by atoms with Crippen LogP contribution < -0.4 is 5.32 Å². The van der Waals surface area contributed by atoms with E-state index in [0.29, 0.717) is 6.10 Å². The summed E-state index contributed by atoms with van der Waals surface area (Å²) in [6.45, 7) is 2.19.